The lowest BCUT2D eigenvalue weighted by Crippen LogP contribution is -2.56. The van der Waals surface area contributed by atoms with Gasteiger partial charge in [-0.2, -0.15) is 0 Å². The topological polar surface area (TPSA) is 58.1 Å². The van der Waals surface area contributed by atoms with Gasteiger partial charge in [-0.15, -0.1) is 0 Å². The molecule has 2 rings (SSSR count). The Morgan fingerprint density at radius 2 is 2.12 bits per heavy atom. The van der Waals surface area contributed by atoms with Gasteiger partial charge in [-0.1, -0.05) is 0 Å². The fourth-order valence-corrected chi connectivity index (χ4v) is 1.88. The predicted molar refractivity (Wildman–Crippen MR) is 60.0 cm³/mol. The largest absolute Gasteiger partial charge is 0.333 e. The first-order chi connectivity index (χ1) is 7.68. The van der Waals surface area contributed by atoms with Crippen LogP contribution in [0.2, 0.25) is 0 Å². The van der Waals surface area contributed by atoms with E-state index in [0.29, 0.717) is 11.6 Å². The first-order valence-electron chi connectivity index (χ1n) is 5.48. The Labute approximate surface area is 94.9 Å². The van der Waals surface area contributed by atoms with Gasteiger partial charge in [0.15, 0.2) is 0 Å². The van der Waals surface area contributed by atoms with Gasteiger partial charge in [-0.25, -0.2) is 9.97 Å². The molecule has 0 spiro atoms. The van der Waals surface area contributed by atoms with E-state index in [1.807, 2.05) is 11.8 Å². The standard InChI is InChI=1S/C11H16N4O/c1-8-6-15(9(2)3-14-8)11(16)10-4-12-7-13-5-10/h4-5,7-9,14H,3,6H2,1-2H3. The fraction of sp³-hybridized carbons (Fsp3) is 0.545. The molecular weight excluding hydrogens is 204 g/mol. The zero-order chi connectivity index (χ0) is 11.5. The molecule has 0 aromatic carbocycles. The summed E-state index contributed by atoms with van der Waals surface area (Å²) in [5.41, 5.74) is 0.559. The van der Waals surface area contributed by atoms with Crippen molar-refractivity contribution in [3.05, 3.63) is 24.3 Å². The minimum Gasteiger partial charge on any atom is -0.333 e. The summed E-state index contributed by atoms with van der Waals surface area (Å²) >= 11 is 0. The van der Waals surface area contributed by atoms with Crippen molar-refractivity contribution in [2.75, 3.05) is 13.1 Å². The van der Waals surface area contributed by atoms with Crippen LogP contribution >= 0.6 is 0 Å². The molecule has 1 amide bonds. The average molecular weight is 220 g/mol. The highest BCUT2D eigenvalue weighted by Crippen LogP contribution is 2.11. The van der Waals surface area contributed by atoms with Gasteiger partial charge in [-0.05, 0) is 13.8 Å². The van der Waals surface area contributed by atoms with Crippen molar-refractivity contribution < 1.29 is 4.79 Å². The van der Waals surface area contributed by atoms with Crippen molar-refractivity contribution in [2.24, 2.45) is 0 Å². The summed E-state index contributed by atoms with van der Waals surface area (Å²) < 4.78 is 0. The second-order valence-corrected chi connectivity index (χ2v) is 4.24. The number of aromatic nitrogens is 2. The van der Waals surface area contributed by atoms with Crippen LogP contribution in [-0.4, -0.2) is 45.9 Å². The van der Waals surface area contributed by atoms with Gasteiger partial charge < -0.3 is 10.2 Å². The fourth-order valence-electron chi connectivity index (χ4n) is 1.88. The summed E-state index contributed by atoms with van der Waals surface area (Å²) in [5, 5.41) is 3.34. The number of piperazine rings is 1. The maximum Gasteiger partial charge on any atom is 0.257 e. The Morgan fingerprint density at radius 1 is 1.44 bits per heavy atom. The lowest BCUT2D eigenvalue weighted by Gasteiger charge is -2.37. The van der Waals surface area contributed by atoms with Crippen LogP contribution in [0.15, 0.2) is 18.7 Å². The normalized spacial score (nSPS) is 25.5. The monoisotopic (exact) mass is 220 g/mol. The lowest BCUT2D eigenvalue weighted by atomic mass is 10.1. The predicted octanol–water partition coefficient (Wildman–Crippen LogP) is 0.299. The Kier molecular flexibility index (Phi) is 3.14. The SMILES string of the molecule is CC1CN(C(=O)c2cncnc2)C(C)CN1. The Morgan fingerprint density at radius 3 is 2.81 bits per heavy atom. The number of nitrogens with one attached hydrogen (secondary N) is 1. The minimum absolute atomic E-state index is 0.0152. The molecule has 86 valence electrons. The highest BCUT2D eigenvalue weighted by molar-refractivity contribution is 5.93. The van der Waals surface area contributed by atoms with E-state index in [2.05, 4.69) is 22.2 Å². The van der Waals surface area contributed by atoms with E-state index < -0.39 is 0 Å². The van der Waals surface area contributed by atoms with E-state index in [0.717, 1.165) is 13.1 Å². The summed E-state index contributed by atoms with van der Waals surface area (Å²) in [6.45, 7) is 5.68. The van der Waals surface area contributed by atoms with E-state index in [9.17, 15) is 4.79 Å². The quantitative estimate of drug-likeness (QED) is 0.739. The third-order valence-electron chi connectivity index (χ3n) is 2.83. The minimum atomic E-state index is 0.0152. The van der Waals surface area contributed by atoms with Crippen molar-refractivity contribution in [2.45, 2.75) is 25.9 Å². The number of carbonyl (C=O) groups excluding carboxylic acids is 1. The van der Waals surface area contributed by atoms with Crippen molar-refractivity contribution >= 4 is 5.91 Å². The second-order valence-electron chi connectivity index (χ2n) is 4.24. The van der Waals surface area contributed by atoms with E-state index in [4.69, 9.17) is 0 Å². The molecule has 1 fully saturated rings. The molecule has 1 aromatic rings. The first-order valence-corrected chi connectivity index (χ1v) is 5.48. The molecule has 0 aliphatic carbocycles. The van der Waals surface area contributed by atoms with Crippen molar-refractivity contribution in [3.63, 3.8) is 0 Å². The third-order valence-corrected chi connectivity index (χ3v) is 2.83. The van der Waals surface area contributed by atoms with E-state index in [1.165, 1.54) is 6.33 Å². The van der Waals surface area contributed by atoms with Crippen molar-refractivity contribution in [1.82, 2.24) is 20.2 Å². The number of rotatable bonds is 1. The van der Waals surface area contributed by atoms with Crippen LogP contribution in [0.3, 0.4) is 0 Å². The van der Waals surface area contributed by atoms with Crippen LogP contribution in [0.25, 0.3) is 0 Å². The third kappa shape index (κ3) is 2.19. The molecule has 2 unspecified atom stereocenters. The molecule has 0 radical (unpaired) electrons. The van der Waals surface area contributed by atoms with E-state index in [1.54, 1.807) is 12.4 Å². The molecule has 0 bridgehead atoms. The lowest BCUT2D eigenvalue weighted by molar-refractivity contribution is 0.0615. The van der Waals surface area contributed by atoms with Crippen LogP contribution in [0.5, 0.6) is 0 Å². The average Bonchev–Trinajstić information content (AvgIpc) is 2.32. The molecule has 0 saturated carbocycles. The number of hydrogen-bond donors (Lipinski definition) is 1. The molecular formula is C11H16N4O. The molecule has 1 saturated heterocycles. The van der Waals surface area contributed by atoms with Gasteiger partial charge >= 0.3 is 0 Å². The summed E-state index contributed by atoms with van der Waals surface area (Å²) in [7, 11) is 0. The van der Waals surface area contributed by atoms with Gasteiger partial charge in [0.1, 0.15) is 6.33 Å². The Hall–Kier alpha value is -1.49. The Balaban J connectivity index is 2.15. The van der Waals surface area contributed by atoms with Crippen LogP contribution in [0, 0.1) is 0 Å². The van der Waals surface area contributed by atoms with Crippen molar-refractivity contribution in [1.29, 1.82) is 0 Å². The van der Waals surface area contributed by atoms with Gasteiger partial charge in [0.05, 0.1) is 5.56 Å². The van der Waals surface area contributed by atoms with Crippen LogP contribution < -0.4 is 5.32 Å². The number of carbonyl (C=O) groups is 1. The van der Waals surface area contributed by atoms with E-state index >= 15 is 0 Å². The molecule has 2 atom stereocenters. The summed E-state index contributed by atoms with van der Waals surface area (Å²) in [6, 6.07) is 0.550. The van der Waals surface area contributed by atoms with Crippen LogP contribution in [0.1, 0.15) is 24.2 Å². The van der Waals surface area contributed by atoms with Gasteiger partial charge in [0.2, 0.25) is 0 Å². The summed E-state index contributed by atoms with van der Waals surface area (Å²) in [4.78, 5) is 21.8. The van der Waals surface area contributed by atoms with Crippen LogP contribution in [-0.2, 0) is 0 Å². The highest BCUT2D eigenvalue weighted by atomic mass is 16.2. The molecule has 5 nitrogen and oxygen atoms in total. The van der Waals surface area contributed by atoms with Crippen molar-refractivity contribution in [3.8, 4) is 0 Å². The zero-order valence-electron chi connectivity index (χ0n) is 9.55. The van der Waals surface area contributed by atoms with Gasteiger partial charge in [0.25, 0.3) is 5.91 Å². The zero-order valence-corrected chi connectivity index (χ0v) is 9.55. The van der Waals surface area contributed by atoms with Gasteiger partial charge in [-0.3, -0.25) is 4.79 Å². The maximum absolute atomic E-state index is 12.2. The second kappa shape index (κ2) is 4.57. The summed E-state index contributed by atoms with van der Waals surface area (Å²) in [6.07, 6.45) is 4.56. The van der Waals surface area contributed by atoms with Gasteiger partial charge in [0, 0.05) is 37.6 Å². The summed E-state index contributed by atoms with van der Waals surface area (Å²) in [5.74, 6) is 0.0152. The Bertz CT molecular complexity index is 368. The number of amides is 1. The molecule has 1 aliphatic heterocycles. The molecule has 16 heavy (non-hydrogen) atoms. The molecule has 1 N–H and O–H groups in total. The molecule has 2 heterocycles. The smallest absolute Gasteiger partial charge is 0.257 e. The molecule has 1 aromatic heterocycles. The maximum atomic E-state index is 12.2. The van der Waals surface area contributed by atoms with Crippen LogP contribution in [0.4, 0.5) is 0 Å². The molecule has 5 heteroatoms. The van der Waals surface area contributed by atoms with E-state index in [-0.39, 0.29) is 11.9 Å². The molecule has 1 aliphatic rings. The number of nitrogens with zero attached hydrogens (tertiary/aromatic N) is 3. The first kappa shape index (κ1) is 11.0. The number of hydrogen-bond acceptors (Lipinski definition) is 4. The highest BCUT2D eigenvalue weighted by Gasteiger charge is 2.27.